The molecule has 0 aromatic carbocycles. The summed E-state index contributed by atoms with van der Waals surface area (Å²) in [6.07, 6.45) is 1.56. The van der Waals surface area contributed by atoms with Crippen LogP contribution in [-0.4, -0.2) is 55.8 Å². The van der Waals surface area contributed by atoms with Gasteiger partial charge in [-0.15, -0.1) is 11.8 Å². The van der Waals surface area contributed by atoms with E-state index in [4.69, 9.17) is 4.42 Å². The van der Waals surface area contributed by atoms with E-state index >= 15 is 0 Å². The molecule has 2 fully saturated rings. The molecular formula is C13H13BrN2O5S. The van der Waals surface area contributed by atoms with E-state index in [9.17, 15) is 19.5 Å². The molecular weight excluding hydrogens is 376 g/mol. The highest BCUT2D eigenvalue weighted by atomic mass is 79.9. The van der Waals surface area contributed by atoms with E-state index in [2.05, 4.69) is 21.2 Å². The van der Waals surface area contributed by atoms with Gasteiger partial charge in [0.1, 0.15) is 21.5 Å². The van der Waals surface area contributed by atoms with Gasteiger partial charge < -0.3 is 19.7 Å². The van der Waals surface area contributed by atoms with Gasteiger partial charge >= 0.3 is 5.97 Å². The molecule has 0 aliphatic carbocycles. The molecule has 0 spiro atoms. The van der Waals surface area contributed by atoms with E-state index in [-0.39, 0.29) is 30.2 Å². The largest absolute Gasteiger partial charge is 0.480 e. The second-order valence-corrected chi connectivity index (χ2v) is 7.86. The molecule has 2 saturated heterocycles. The maximum absolute atomic E-state index is 12.1. The summed E-state index contributed by atoms with van der Waals surface area (Å²) in [5.41, 5.74) is 0. The van der Waals surface area contributed by atoms with Crippen molar-refractivity contribution in [2.24, 2.45) is 0 Å². The molecule has 22 heavy (non-hydrogen) atoms. The zero-order valence-electron chi connectivity index (χ0n) is 11.3. The maximum atomic E-state index is 12.1. The number of alkyl halides is 1. The number of carbonyl (C=O) groups excluding carboxylic acids is 2. The summed E-state index contributed by atoms with van der Waals surface area (Å²) in [7, 11) is 0. The smallest absolute Gasteiger partial charge is 0.323 e. The van der Waals surface area contributed by atoms with Crippen LogP contribution < -0.4 is 5.32 Å². The number of nitrogens with one attached hydrogen (secondary N) is 1. The molecule has 0 saturated carbocycles. The lowest BCUT2D eigenvalue weighted by Crippen LogP contribution is -2.74. The Balaban J connectivity index is 1.59. The number of carbonyl (C=O) groups is 3. The minimum atomic E-state index is -1.12. The standard InChI is InChI=1S/C13H13BrN2O5S/c14-13(12(19)20)5-16-10(18)9(11(16)22-6-13)15-8(17)4-7-2-1-3-21-7/h1-3,9,11H,4-6H2,(H,15,17)(H,19,20)/t9?,11-,13?/m1/s1. The number of halogens is 1. The summed E-state index contributed by atoms with van der Waals surface area (Å²) < 4.78 is 3.97. The van der Waals surface area contributed by atoms with Gasteiger partial charge in [-0.1, -0.05) is 15.9 Å². The molecule has 3 rings (SSSR count). The Morgan fingerprint density at radius 1 is 1.59 bits per heavy atom. The number of thioether (sulfide) groups is 1. The number of hydrogen-bond acceptors (Lipinski definition) is 5. The summed E-state index contributed by atoms with van der Waals surface area (Å²) in [5, 5.41) is 11.7. The van der Waals surface area contributed by atoms with Gasteiger partial charge in [-0.05, 0) is 12.1 Å². The Morgan fingerprint density at radius 2 is 2.36 bits per heavy atom. The van der Waals surface area contributed by atoms with Crippen LogP contribution in [0.5, 0.6) is 0 Å². The van der Waals surface area contributed by atoms with Gasteiger partial charge in [-0.2, -0.15) is 0 Å². The van der Waals surface area contributed by atoms with Gasteiger partial charge in [0.2, 0.25) is 11.8 Å². The average Bonchev–Trinajstić information content (AvgIpc) is 2.97. The number of carboxylic acids is 1. The number of β-lactam (4-membered cyclic amide) rings is 1. The first-order valence-corrected chi connectivity index (χ1v) is 8.41. The van der Waals surface area contributed by atoms with Crippen molar-refractivity contribution in [1.29, 1.82) is 0 Å². The first-order valence-electron chi connectivity index (χ1n) is 6.57. The lowest BCUT2D eigenvalue weighted by Gasteiger charge is -2.52. The predicted octanol–water partition coefficient (Wildman–Crippen LogP) is 0.440. The fourth-order valence-corrected chi connectivity index (χ4v) is 4.52. The Labute approximate surface area is 138 Å². The number of aliphatic carboxylic acids is 1. The zero-order chi connectivity index (χ0) is 15.9. The average molecular weight is 389 g/mol. The van der Waals surface area contributed by atoms with Gasteiger partial charge in [0.05, 0.1) is 12.7 Å². The van der Waals surface area contributed by atoms with Crippen LogP contribution in [0.15, 0.2) is 22.8 Å². The number of amides is 2. The van der Waals surface area contributed by atoms with E-state index in [0.29, 0.717) is 11.5 Å². The summed E-state index contributed by atoms with van der Waals surface area (Å²) in [6.45, 7) is 0.101. The molecule has 2 amide bonds. The van der Waals surface area contributed by atoms with Crippen molar-refractivity contribution in [3.05, 3.63) is 24.2 Å². The molecule has 0 radical (unpaired) electrons. The zero-order valence-corrected chi connectivity index (χ0v) is 13.7. The van der Waals surface area contributed by atoms with Crippen LogP contribution in [0.4, 0.5) is 0 Å². The molecule has 1 aromatic rings. The summed E-state index contributed by atoms with van der Waals surface area (Å²) in [4.78, 5) is 36.7. The van der Waals surface area contributed by atoms with Crippen molar-refractivity contribution >= 4 is 45.5 Å². The molecule has 3 heterocycles. The van der Waals surface area contributed by atoms with Gasteiger partial charge in [-0.3, -0.25) is 14.4 Å². The van der Waals surface area contributed by atoms with Crippen molar-refractivity contribution in [2.75, 3.05) is 12.3 Å². The van der Waals surface area contributed by atoms with Gasteiger partial charge in [0.15, 0.2) is 0 Å². The Morgan fingerprint density at radius 3 is 3.00 bits per heavy atom. The fraction of sp³-hybridized carbons (Fsp3) is 0.462. The SMILES string of the molecule is O=C(Cc1ccco1)NC1C(=O)N2CC(Br)(C(=O)O)CS[C@H]12. The Bertz CT molecular complexity index is 622. The maximum Gasteiger partial charge on any atom is 0.323 e. The molecule has 2 unspecified atom stereocenters. The second kappa shape index (κ2) is 5.62. The number of nitrogens with zero attached hydrogens (tertiary/aromatic N) is 1. The number of carboxylic acid groups (broad SMARTS) is 1. The highest BCUT2D eigenvalue weighted by Gasteiger charge is 2.56. The van der Waals surface area contributed by atoms with Crippen LogP contribution in [0.25, 0.3) is 0 Å². The van der Waals surface area contributed by atoms with Crippen LogP contribution in [0.2, 0.25) is 0 Å². The Hall–Kier alpha value is -1.48. The van der Waals surface area contributed by atoms with E-state index < -0.39 is 16.3 Å². The van der Waals surface area contributed by atoms with E-state index in [1.165, 1.54) is 22.9 Å². The normalized spacial score (nSPS) is 30.4. The topological polar surface area (TPSA) is 99.9 Å². The van der Waals surface area contributed by atoms with Crippen LogP contribution in [0, 0.1) is 0 Å². The number of rotatable bonds is 4. The Kier molecular flexibility index (Phi) is 3.94. The number of fused-ring (bicyclic) bond motifs is 1. The first-order chi connectivity index (χ1) is 10.4. The minimum Gasteiger partial charge on any atom is -0.480 e. The van der Waals surface area contributed by atoms with Crippen molar-refractivity contribution < 1.29 is 23.9 Å². The minimum absolute atomic E-state index is 0.0751. The molecule has 0 bridgehead atoms. The van der Waals surface area contributed by atoms with Crippen molar-refractivity contribution in [3.8, 4) is 0 Å². The van der Waals surface area contributed by atoms with Gasteiger partial charge in [0.25, 0.3) is 0 Å². The van der Waals surface area contributed by atoms with Crippen molar-refractivity contribution in [3.63, 3.8) is 0 Å². The number of furan rings is 1. The first kappa shape index (κ1) is 15.4. The third-order valence-corrected chi connectivity index (χ3v) is 6.43. The molecule has 2 N–H and O–H groups in total. The van der Waals surface area contributed by atoms with E-state index in [1.807, 2.05) is 0 Å². The predicted molar refractivity (Wildman–Crippen MR) is 81.6 cm³/mol. The molecule has 7 nitrogen and oxygen atoms in total. The summed E-state index contributed by atoms with van der Waals surface area (Å²) >= 11 is 4.54. The van der Waals surface area contributed by atoms with Crippen LogP contribution in [-0.2, 0) is 20.8 Å². The highest BCUT2D eigenvalue weighted by Crippen LogP contribution is 2.41. The molecule has 3 atom stereocenters. The third-order valence-electron chi connectivity index (χ3n) is 3.66. The van der Waals surface area contributed by atoms with Gasteiger partial charge in [0, 0.05) is 12.3 Å². The van der Waals surface area contributed by atoms with Crippen molar-refractivity contribution in [1.82, 2.24) is 10.2 Å². The number of hydrogen-bond donors (Lipinski definition) is 2. The van der Waals surface area contributed by atoms with Crippen LogP contribution >= 0.6 is 27.7 Å². The highest BCUT2D eigenvalue weighted by molar-refractivity contribution is 9.10. The quantitative estimate of drug-likeness (QED) is 0.573. The van der Waals surface area contributed by atoms with Crippen LogP contribution in [0.3, 0.4) is 0 Å². The molecule has 9 heteroatoms. The van der Waals surface area contributed by atoms with E-state index in [1.54, 1.807) is 12.1 Å². The second-order valence-electron chi connectivity index (χ2n) is 5.24. The molecule has 2 aliphatic heterocycles. The molecule has 1 aromatic heterocycles. The third kappa shape index (κ3) is 2.63. The lowest BCUT2D eigenvalue weighted by atomic mass is 10.0. The molecule has 2 aliphatic rings. The van der Waals surface area contributed by atoms with Crippen LogP contribution in [0.1, 0.15) is 5.76 Å². The fourth-order valence-electron chi connectivity index (χ4n) is 2.47. The van der Waals surface area contributed by atoms with Crippen molar-refractivity contribution in [2.45, 2.75) is 22.2 Å². The van der Waals surface area contributed by atoms with E-state index in [0.717, 1.165) is 0 Å². The summed E-state index contributed by atoms with van der Waals surface area (Å²) in [5.74, 6) is -0.668. The lowest BCUT2D eigenvalue weighted by molar-refractivity contribution is -0.151. The monoisotopic (exact) mass is 388 g/mol. The summed E-state index contributed by atoms with van der Waals surface area (Å²) in [6, 6.07) is 2.78. The molecule has 118 valence electrons. The van der Waals surface area contributed by atoms with Gasteiger partial charge in [-0.25, -0.2) is 0 Å².